The van der Waals surface area contributed by atoms with Crippen LogP contribution in [-0.4, -0.2) is 21.5 Å². The van der Waals surface area contributed by atoms with Gasteiger partial charge in [0.1, 0.15) is 12.2 Å². The summed E-state index contributed by atoms with van der Waals surface area (Å²) in [5.74, 6) is 0.142. The number of nitrogens with two attached hydrogens (primary N) is 2. The zero-order valence-electron chi connectivity index (χ0n) is 13.5. The van der Waals surface area contributed by atoms with E-state index in [-0.39, 0.29) is 11.5 Å². The molecule has 0 spiro atoms. The van der Waals surface area contributed by atoms with Crippen LogP contribution >= 0.6 is 0 Å². The Hall–Kier alpha value is -2.60. The summed E-state index contributed by atoms with van der Waals surface area (Å²) in [6, 6.07) is 10.8. The monoisotopic (exact) mass is 324 g/mol. The van der Waals surface area contributed by atoms with Gasteiger partial charge >= 0.3 is 0 Å². The van der Waals surface area contributed by atoms with Gasteiger partial charge in [0.15, 0.2) is 0 Å². The number of nitrogens with one attached hydrogen (secondary N) is 2. The summed E-state index contributed by atoms with van der Waals surface area (Å²) in [6.07, 6.45) is 5.58. The van der Waals surface area contributed by atoms with Gasteiger partial charge in [-0.1, -0.05) is 30.3 Å². The molecule has 1 fully saturated rings. The van der Waals surface area contributed by atoms with E-state index < -0.39 is 0 Å². The Morgan fingerprint density at radius 1 is 1.25 bits per heavy atom. The van der Waals surface area contributed by atoms with E-state index in [1.165, 1.54) is 24.8 Å². The van der Waals surface area contributed by atoms with Crippen molar-refractivity contribution in [3.8, 4) is 0 Å². The van der Waals surface area contributed by atoms with Gasteiger partial charge in [0.05, 0.1) is 11.9 Å². The number of hydrogen-bond donors (Lipinski definition) is 4. The van der Waals surface area contributed by atoms with Gasteiger partial charge in [0.2, 0.25) is 5.95 Å². The molecule has 0 atom stereocenters. The molecule has 0 radical (unpaired) electrons. The number of nitrogens with zero attached hydrogens (tertiary/aromatic N) is 1. The van der Waals surface area contributed by atoms with Gasteiger partial charge in [0, 0.05) is 23.6 Å². The zero-order chi connectivity index (χ0) is 16.6. The third kappa shape index (κ3) is 2.69. The van der Waals surface area contributed by atoms with Gasteiger partial charge in [0.25, 0.3) is 5.56 Å². The lowest BCUT2D eigenvalue weighted by Crippen LogP contribution is -2.82. The maximum absolute atomic E-state index is 12.1. The molecule has 24 heavy (non-hydrogen) atoms. The highest BCUT2D eigenvalue weighted by Gasteiger charge is 2.43. The molecule has 1 aliphatic carbocycles. The van der Waals surface area contributed by atoms with E-state index in [0.29, 0.717) is 16.4 Å². The molecule has 3 aromatic rings. The minimum Gasteiger partial charge on any atom is -0.369 e. The van der Waals surface area contributed by atoms with E-state index in [2.05, 4.69) is 50.6 Å². The van der Waals surface area contributed by atoms with Crippen LogP contribution in [0, 0.1) is 0 Å². The first-order valence-electron chi connectivity index (χ1n) is 8.41. The second-order valence-corrected chi connectivity index (χ2v) is 6.67. The highest BCUT2D eigenvalue weighted by Crippen LogP contribution is 2.50. The summed E-state index contributed by atoms with van der Waals surface area (Å²) in [7, 11) is 0. The number of aromatic nitrogens is 3. The molecule has 0 aliphatic heterocycles. The van der Waals surface area contributed by atoms with Crippen LogP contribution in [0.4, 0.5) is 5.95 Å². The number of anilines is 1. The fourth-order valence-corrected chi connectivity index (χ4v) is 3.54. The first-order chi connectivity index (χ1) is 11.7. The SMILES string of the molecule is Nc1nc2[nH]cc(C[NH2+]CCC3(c4ccccc4)CC3)c2c(=O)[nH]1. The molecule has 6 heteroatoms. The first-order valence-corrected chi connectivity index (χ1v) is 8.41. The number of nitrogen functional groups attached to an aromatic ring is 1. The summed E-state index contributed by atoms with van der Waals surface area (Å²) in [4.78, 5) is 21.8. The smallest absolute Gasteiger partial charge is 0.262 e. The largest absolute Gasteiger partial charge is 0.369 e. The molecule has 0 bridgehead atoms. The molecule has 6 N–H and O–H groups in total. The van der Waals surface area contributed by atoms with E-state index in [0.717, 1.165) is 18.7 Å². The summed E-state index contributed by atoms with van der Waals surface area (Å²) in [6.45, 7) is 1.81. The molecule has 1 saturated carbocycles. The molecule has 1 aliphatic rings. The second-order valence-electron chi connectivity index (χ2n) is 6.67. The van der Waals surface area contributed by atoms with Crippen molar-refractivity contribution in [2.24, 2.45) is 0 Å². The highest BCUT2D eigenvalue weighted by molar-refractivity contribution is 5.79. The van der Waals surface area contributed by atoms with Crippen molar-refractivity contribution < 1.29 is 5.32 Å². The van der Waals surface area contributed by atoms with Crippen LogP contribution in [0.3, 0.4) is 0 Å². The van der Waals surface area contributed by atoms with Gasteiger partial charge in [-0.15, -0.1) is 0 Å². The first kappa shape index (κ1) is 15.0. The zero-order valence-corrected chi connectivity index (χ0v) is 13.5. The minimum atomic E-state index is -0.176. The van der Waals surface area contributed by atoms with Crippen LogP contribution in [0.5, 0.6) is 0 Å². The number of hydrogen-bond acceptors (Lipinski definition) is 3. The van der Waals surface area contributed by atoms with Crippen molar-refractivity contribution in [3.05, 3.63) is 58.0 Å². The lowest BCUT2D eigenvalue weighted by atomic mass is 9.92. The molecule has 6 nitrogen and oxygen atoms in total. The van der Waals surface area contributed by atoms with Gasteiger partial charge in [-0.3, -0.25) is 9.78 Å². The van der Waals surface area contributed by atoms with Crippen molar-refractivity contribution >= 4 is 17.0 Å². The van der Waals surface area contributed by atoms with E-state index in [4.69, 9.17) is 5.73 Å². The standard InChI is InChI=1S/C18H21N5O/c19-17-22-15-14(16(24)23-17)12(11-21-15)10-20-9-8-18(6-7-18)13-4-2-1-3-5-13/h1-5,11,20H,6-10H2,(H4,19,21,22,23,24)/p+1. The number of H-pyrrole nitrogens is 2. The average Bonchev–Trinajstić information content (AvgIpc) is 3.26. The maximum Gasteiger partial charge on any atom is 0.262 e. The number of aromatic amines is 2. The summed E-state index contributed by atoms with van der Waals surface area (Å²) in [5.41, 5.74) is 8.77. The van der Waals surface area contributed by atoms with Gasteiger partial charge < -0.3 is 16.0 Å². The summed E-state index contributed by atoms with van der Waals surface area (Å²) >= 11 is 0. The predicted octanol–water partition coefficient (Wildman–Crippen LogP) is 1.02. The van der Waals surface area contributed by atoms with Crippen molar-refractivity contribution in [3.63, 3.8) is 0 Å². The Morgan fingerprint density at radius 3 is 2.79 bits per heavy atom. The van der Waals surface area contributed by atoms with Gasteiger partial charge in [-0.25, -0.2) is 0 Å². The number of fused-ring (bicyclic) bond motifs is 1. The Bertz CT molecular complexity index is 908. The number of rotatable bonds is 6. The Balaban J connectivity index is 1.40. The van der Waals surface area contributed by atoms with Crippen LogP contribution in [0.1, 0.15) is 30.4 Å². The van der Waals surface area contributed by atoms with E-state index in [1.807, 2.05) is 6.20 Å². The van der Waals surface area contributed by atoms with Crippen molar-refractivity contribution in [1.29, 1.82) is 0 Å². The molecule has 1 aromatic carbocycles. The summed E-state index contributed by atoms with van der Waals surface area (Å²) in [5, 5.41) is 2.88. The van der Waals surface area contributed by atoms with E-state index >= 15 is 0 Å². The van der Waals surface area contributed by atoms with Crippen molar-refractivity contribution in [2.75, 3.05) is 12.3 Å². The molecule has 2 aromatic heterocycles. The number of benzene rings is 1. The van der Waals surface area contributed by atoms with Crippen LogP contribution in [0.15, 0.2) is 41.3 Å². The fraction of sp³-hybridized carbons (Fsp3) is 0.333. The molecule has 0 amide bonds. The Labute approximate surface area is 139 Å². The van der Waals surface area contributed by atoms with Gasteiger partial charge in [-0.05, 0) is 18.4 Å². The van der Waals surface area contributed by atoms with Crippen molar-refractivity contribution in [1.82, 2.24) is 15.0 Å². The molecule has 124 valence electrons. The molecule has 4 rings (SSSR count). The third-order valence-electron chi connectivity index (χ3n) is 5.07. The summed E-state index contributed by atoms with van der Waals surface area (Å²) < 4.78 is 0. The molecule has 2 heterocycles. The normalized spacial score (nSPS) is 15.7. The molecule has 0 saturated heterocycles. The quantitative estimate of drug-likeness (QED) is 0.509. The fourth-order valence-electron chi connectivity index (χ4n) is 3.54. The van der Waals surface area contributed by atoms with Crippen LogP contribution in [0.2, 0.25) is 0 Å². The Kier molecular flexibility index (Phi) is 3.61. The third-order valence-corrected chi connectivity index (χ3v) is 5.07. The highest BCUT2D eigenvalue weighted by atomic mass is 16.1. The minimum absolute atomic E-state index is 0.142. The van der Waals surface area contributed by atoms with Crippen LogP contribution < -0.4 is 16.6 Å². The predicted molar refractivity (Wildman–Crippen MR) is 93.6 cm³/mol. The topological polar surface area (TPSA) is 104 Å². The second kappa shape index (κ2) is 5.79. The van der Waals surface area contributed by atoms with Crippen LogP contribution in [0.25, 0.3) is 11.0 Å². The van der Waals surface area contributed by atoms with Crippen LogP contribution in [-0.2, 0) is 12.0 Å². The van der Waals surface area contributed by atoms with E-state index in [1.54, 1.807) is 0 Å². The molecular formula is C18H22N5O+. The number of quaternary nitrogens is 1. The van der Waals surface area contributed by atoms with Crippen molar-refractivity contribution in [2.45, 2.75) is 31.2 Å². The van der Waals surface area contributed by atoms with Gasteiger partial charge in [-0.2, -0.15) is 4.98 Å². The molecule has 0 unspecified atom stereocenters. The lowest BCUT2D eigenvalue weighted by molar-refractivity contribution is -0.671. The maximum atomic E-state index is 12.1. The van der Waals surface area contributed by atoms with E-state index in [9.17, 15) is 4.79 Å². The lowest BCUT2D eigenvalue weighted by Gasteiger charge is -2.14. The average molecular weight is 324 g/mol. The Morgan fingerprint density at radius 2 is 2.04 bits per heavy atom. The molecular weight excluding hydrogens is 302 g/mol.